The minimum Gasteiger partial charge on any atom is -0.411 e. The maximum atomic E-state index is 12.8. The summed E-state index contributed by atoms with van der Waals surface area (Å²) in [6.45, 7) is 5.65. The van der Waals surface area contributed by atoms with E-state index in [1.807, 2.05) is 37.5 Å². The Bertz CT molecular complexity index is 1180. The van der Waals surface area contributed by atoms with Crippen LogP contribution in [0.1, 0.15) is 27.5 Å². The van der Waals surface area contributed by atoms with Gasteiger partial charge in [-0.2, -0.15) is 0 Å². The molecule has 0 unspecified atom stereocenters. The number of aromatic nitrogens is 4. The topological polar surface area (TPSA) is 87.0 Å². The number of carbonyl (C=O) groups excluding carboxylic acids is 1. The molecule has 3 aromatic heterocycles. The molecule has 29 heavy (non-hydrogen) atoms. The molecule has 0 aliphatic heterocycles. The molecule has 4 aromatic rings. The highest BCUT2D eigenvalue weighted by atomic mass is 35.5. The fourth-order valence-corrected chi connectivity index (χ4v) is 3.81. The van der Waals surface area contributed by atoms with Crippen LogP contribution in [0.3, 0.4) is 0 Å². The van der Waals surface area contributed by atoms with Crippen LogP contribution in [0, 0.1) is 20.8 Å². The van der Waals surface area contributed by atoms with Crippen LogP contribution in [0.5, 0.6) is 0 Å². The van der Waals surface area contributed by atoms with Gasteiger partial charge in [-0.1, -0.05) is 28.5 Å². The van der Waals surface area contributed by atoms with E-state index < -0.39 is 0 Å². The highest BCUT2D eigenvalue weighted by Crippen LogP contribution is 2.26. The van der Waals surface area contributed by atoms with Gasteiger partial charge in [-0.3, -0.25) is 9.36 Å². The van der Waals surface area contributed by atoms with Crippen LogP contribution in [0.15, 0.2) is 50.6 Å². The third kappa shape index (κ3) is 3.99. The molecule has 0 fully saturated rings. The first-order valence-electron chi connectivity index (χ1n) is 8.80. The molecule has 0 N–H and O–H groups in total. The smallest absolute Gasteiger partial charge is 0.277 e. The molecule has 9 heteroatoms. The van der Waals surface area contributed by atoms with Crippen molar-refractivity contribution in [1.29, 1.82) is 0 Å². The van der Waals surface area contributed by atoms with Gasteiger partial charge >= 0.3 is 0 Å². The third-order valence-corrected chi connectivity index (χ3v) is 5.47. The summed E-state index contributed by atoms with van der Waals surface area (Å²) in [6, 6.07) is 10.8. The van der Waals surface area contributed by atoms with E-state index in [9.17, 15) is 4.79 Å². The SMILES string of the molecule is Cc1cc(-n2c(C)cc(C(=O)CSc3nnc(-c4ccc(Cl)cc4)o3)c2C)no1. The van der Waals surface area contributed by atoms with Crippen LogP contribution < -0.4 is 0 Å². The van der Waals surface area contributed by atoms with Gasteiger partial charge < -0.3 is 8.94 Å². The second-order valence-electron chi connectivity index (χ2n) is 6.51. The first kappa shape index (κ1) is 19.5. The van der Waals surface area contributed by atoms with E-state index in [0.717, 1.165) is 17.0 Å². The molecule has 0 saturated heterocycles. The quantitative estimate of drug-likeness (QED) is 0.313. The number of ketones is 1. The van der Waals surface area contributed by atoms with E-state index in [2.05, 4.69) is 15.4 Å². The van der Waals surface area contributed by atoms with Gasteiger partial charge in [0, 0.05) is 33.6 Å². The molecule has 0 spiro atoms. The van der Waals surface area contributed by atoms with Gasteiger partial charge in [0.25, 0.3) is 5.22 Å². The van der Waals surface area contributed by atoms with Gasteiger partial charge in [0.05, 0.1) is 5.75 Å². The minimum absolute atomic E-state index is 0.0270. The number of thioether (sulfide) groups is 1. The van der Waals surface area contributed by atoms with E-state index >= 15 is 0 Å². The highest BCUT2D eigenvalue weighted by Gasteiger charge is 2.19. The van der Waals surface area contributed by atoms with Crippen molar-refractivity contribution in [3.05, 3.63) is 64.1 Å². The van der Waals surface area contributed by atoms with Gasteiger partial charge in [-0.15, -0.1) is 10.2 Å². The third-order valence-electron chi connectivity index (χ3n) is 4.40. The van der Waals surface area contributed by atoms with Gasteiger partial charge in [-0.05, 0) is 51.1 Å². The summed E-state index contributed by atoms with van der Waals surface area (Å²) in [5.41, 5.74) is 3.13. The number of hydrogen-bond acceptors (Lipinski definition) is 7. The summed E-state index contributed by atoms with van der Waals surface area (Å²) in [5, 5.41) is 13.0. The Morgan fingerprint density at radius 1 is 1.14 bits per heavy atom. The van der Waals surface area contributed by atoms with Crippen LogP contribution in [-0.2, 0) is 0 Å². The Hall–Kier alpha value is -2.84. The first-order chi connectivity index (χ1) is 13.9. The van der Waals surface area contributed by atoms with Crippen LogP contribution in [-0.4, -0.2) is 31.5 Å². The number of aryl methyl sites for hydroxylation is 2. The molecule has 0 atom stereocenters. The Balaban J connectivity index is 1.47. The van der Waals surface area contributed by atoms with E-state index in [-0.39, 0.29) is 11.5 Å². The van der Waals surface area contributed by atoms with Crippen molar-refractivity contribution < 1.29 is 13.7 Å². The molecular weight excluding hydrogens is 412 g/mol. The predicted molar refractivity (Wildman–Crippen MR) is 110 cm³/mol. The second kappa shape index (κ2) is 7.88. The number of carbonyl (C=O) groups is 1. The summed E-state index contributed by atoms with van der Waals surface area (Å²) in [4.78, 5) is 12.8. The normalized spacial score (nSPS) is 11.2. The Morgan fingerprint density at radius 2 is 1.90 bits per heavy atom. The predicted octanol–water partition coefficient (Wildman–Crippen LogP) is 5.07. The number of nitrogens with zero attached hydrogens (tertiary/aromatic N) is 4. The van der Waals surface area contributed by atoms with Crippen molar-refractivity contribution in [1.82, 2.24) is 19.9 Å². The molecule has 0 amide bonds. The number of Topliss-reactive ketones (excluding diaryl/α,β-unsaturated/α-hetero) is 1. The standard InChI is InChI=1S/C20H17ClN4O3S/c1-11-8-16(13(3)25(11)18-9-12(2)28-24-18)17(26)10-29-20-23-22-19(27-20)14-4-6-15(21)7-5-14/h4-9H,10H2,1-3H3. The molecule has 1 aromatic carbocycles. The van der Waals surface area contributed by atoms with Crippen molar-refractivity contribution in [2.24, 2.45) is 0 Å². The first-order valence-corrected chi connectivity index (χ1v) is 10.2. The van der Waals surface area contributed by atoms with E-state index in [1.165, 1.54) is 11.8 Å². The van der Waals surface area contributed by atoms with Gasteiger partial charge in [-0.25, -0.2) is 0 Å². The summed E-state index contributed by atoms with van der Waals surface area (Å²) < 4.78 is 12.7. The number of halogens is 1. The second-order valence-corrected chi connectivity index (χ2v) is 7.87. The largest absolute Gasteiger partial charge is 0.411 e. The molecule has 7 nitrogen and oxygen atoms in total. The van der Waals surface area contributed by atoms with Crippen molar-refractivity contribution in [3.8, 4) is 17.3 Å². The maximum Gasteiger partial charge on any atom is 0.277 e. The van der Waals surface area contributed by atoms with Crippen LogP contribution in [0.25, 0.3) is 17.3 Å². The summed E-state index contributed by atoms with van der Waals surface area (Å²) in [6.07, 6.45) is 0. The number of rotatable bonds is 6. The van der Waals surface area contributed by atoms with Gasteiger partial charge in [0.15, 0.2) is 11.6 Å². The minimum atomic E-state index is -0.0270. The zero-order valence-corrected chi connectivity index (χ0v) is 17.5. The maximum absolute atomic E-state index is 12.8. The molecule has 3 heterocycles. The molecular formula is C20H17ClN4O3S. The van der Waals surface area contributed by atoms with Crippen LogP contribution in [0.2, 0.25) is 5.02 Å². The van der Waals surface area contributed by atoms with Crippen LogP contribution >= 0.6 is 23.4 Å². The monoisotopic (exact) mass is 428 g/mol. The van der Waals surface area contributed by atoms with E-state index in [0.29, 0.717) is 33.3 Å². The lowest BCUT2D eigenvalue weighted by Gasteiger charge is -2.04. The van der Waals surface area contributed by atoms with Crippen molar-refractivity contribution in [2.45, 2.75) is 26.0 Å². The molecule has 4 rings (SSSR count). The fraction of sp³-hybridized carbons (Fsp3) is 0.200. The van der Waals surface area contributed by atoms with E-state index in [1.54, 1.807) is 24.3 Å². The molecule has 0 aliphatic rings. The Morgan fingerprint density at radius 3 is 2.59 bits per heavy atom. The van der Waals surface area contributed by atoms with E-state index in [4.69, 9.17) is 20.5 Å². The van der Waals surface area contributed by atoms with Crippen molar-refractivity contribution >= 4 is 29.1 Å². The summed E-state index contributed by atoms with van der Waals surface area (Å²) in [7, 11) is 0. The van der Waals surface area contributed by atoms with Gasteiger partial charge in [0.2, 0.25) is 5.89 Å². The zero-order valence-electron chi connectivity index (χ0n) is 16.0. The molecule has 0 aliphatic carbocycles. The lowest BCUT2D eigenvalue weighted by Crippen LogP contribution is -2.05. The van der Waals surface area contributed by atoms with Gasteiger partial charge in [0.1, 0.15) is 5.76 Å². The lowest BCUT2D eigenvalue weighted by molar-refractivity contribution is 0.102. The number of hydrogen-bond donors (Lipinski definition) is 0. The highest BCUT2D eigenvalue weighted by molar-refractivity contribution is 7.99. The van der Waals surface area contributed by atoms with Crippen molar-refractivity contribution in [3.63, 3.8) is 0 Å². The average Bonchev–Trinajstić information content (AvgIpc) is 3.40. The molecule has 0 saturated carbocycles. The number of benzene rings is 1. The van der Waals surface area contributed by atoms with Crippen LogP contribution in [0.4, 0.5) is 0 Å². The molecule has 0 radical (unpaired) electrons. The summed E-state index contributed by atoms with van der Waals surface area (Å²) >= 11 is 7.10. The zero-order chi connectivity index (χ0) is 20.5. The molecule has 0 bridgehead atoms. The van der Waals surface area contributed by atoms with Crippen molar-refractivity contribution in [2.75, 3.05) is 5.75 Å². The average molecular weight is 429 g/mol. The fourth-order valence-electron chi connectivity index (χ4n) is 3.04. The Labute approximate surface area is 176 Å². The summed E-state index contributed by atoms with van der Waals surface area (Å²) in [5.74, 6) is 1.92. The molecule has 148 valence electrons. The Kier molecular flexibility index (Phi) is 5.29. The lowest BCUT2D eigenvalue weighted by atomic mass is 10.2.